The molecule has 0 aliphatic carbocycles. The number of aromatic nitrogens is 3. The summed E-state index contributed by atoms with van der Waals surface area (Å²) in [5, 5.41) is 22.4. The minimum Gasteiger partial charge on any atom is -0.392 e. The summed E-state index contributed by atoms with van der Waals surface area (Å²) in [7, 11) is 0. The van der Waals surface area contributed by atoms with Crippen molar-refractivity contribution in [3.63, 3.8) is 0 Å². The van der Waals surface area contributed by atoms with Crippen LogP contribution in [0, 0.1) is 25.2 Å². The predicted molar refractivity (Wildman–Crippen MR) is 61.5 cm³/mol. The summed E-state index contributed by atoms with van der Waals surface area (Å²) in [6.45, 7) is 3.56. The molecule has 17 heavy (non-hydrogen) atoms. The smallest absolute Gasteiger partial charge is 0.148 e. The lowest BCUT2D eigenvalue weighted by atomic mass is 10.1. The molecule has 0 aliphatic heterocycles. The van der Waals surface area contributed by atoms with Crippen LogP contribution in [0.4, 0.5) is 0 Å². The third-order valence-corrected chi connectivity index (χ3v) is 2.47. The van der Waals surface area contributed by atoms with Gasteiger partial charge in [0.05, 0.1) is 17.9 Å². The summed E-state index contributed by atoms with van der Waals surface area (Å²) in [4.78, 5) is 4.20. The van der Waals surface area contributed by atoms with Crippen LogP contribution in [0.5, 0.6) is 0 Å². The van der Waals surface area contributed by atoms with Crippen molar-refractivity contribution in [2.75, 3.05) is 0 Å². The Morgan fingerprint density at radius 3 is 2.71 bits per heavy atom. The Hall–Kier alpha value is -2.19. The maximum atomic E-state index is 9.10. The van der Waals surface area contributed by atoms with E-state index in [-0.39, 0.29) is 6.61 Å². The lowest BCUT2D eigenvalue weighted by Gasteiger charge is -2.06. The van der Waals surface area contributed by atoms with E-state index in [1.807, 2.05) is 6.92 Å². The highest BCUT2D eigenvalue weighted by Crippen LogP contribution is 2.17. The summed E-state index contributed by atoms with van der Waals surface area (Å²) in [6.07, 6.45) is 0. The molecule has 0 atom stereocenters. The Morgan fingerprint density at radius 2 is 2.18 bits per heavy atom. The SMILES string of the molecule is Cc1nc(C)n(-c2ccc(CO)cc2C#N)n1. The van der Waals surface area contributed by atoms with Crippen LogP contribution in [0.2, 0.25) is 0 Å². The second kappa shape index (κ2) is 4.36. The third-order valence-electron chi connectivity index (χ3n) is 2.47. The Morgan fingerprint density at radius 1 is 1.41 bits per heavy atom. The molecule has 0 bridgehead atoms. The van der Waals surface area contributed by atoms with Gasteiger partial charge in [0.15, 0.2) is 0 Å². The second-order valence-corrected chi connectivity index (χ2v) is 3.74. The molecule has 1 heterocycles. The molecule has 2 aromatic rings. The van der Waals surface area contributed by atoms with Crippen LogP contribution in [-0.4, -0.2) is 19.9 Å². The number of hydrogen-bond donors (Lipinski definition) is 1. The minimum absolute atomic E-state index is 0.0790. The van der Waals surface area contributed by atoms with Crippen molar-refractivity contribution >= 4 is 0 Å². The Bertz CT molecular complexity index is 595. The van der Waals surface area contributed by atoms with Crippen molar-refractivity contribution in [1.29, 1.82) is 5.26 Å². The first-order valence-corrected chi connectivity index (χ1v) is 5.20. The number of nitriles is 1. The van der Waals surface area contributed by atoms with Gasteiger partial charge in [-0.15, -0.1) is 0 Å². The van der Waals surface area contributed by atoms with Crippen LogP contribution in [0.3, 0.4) is 0 Å². The molecule has 0 fully saturated rings. The molecule has 1 aromatic heterocycles. The van der Waals surface area contributed by atoms with Gasteiger partial charge in [-0.1, -0.05) is 6.07 Å². The molecule has 86 valence electrons. The van der Waals surface area contributed by atoms with Crippen molar-refractivity contribution in [2.45, 2.75) is 20.5 Å². The first-order valence-electron chi connectivity index (χ1n) is 5.20. The first kappa shape index (κ1) is 11.3. The summed E-state index contributed by atoms with van der Waals surface area (Å²) < 4.78 is 1.63. The highest BCUT2D eigenvalue weighted by molar-refractivity contribution is 5.50. The summed E-state index contributed by atoms with van der Waals surface area (Å²) >= 11 is 0. The standard InChI is InChI=1S/C12H12N4O/c1-8-14-9(2)16(15-8)12-4-3-10(7-17)5-11(12)6-13/h3-5,17H,7H2,1-2H3. The monoisotopic (exact) mass is 228 g/mol. The first-order chi connectivity index (χ1) is 8.15. The van der Waals surface area contributed by atoms with E-state index in [0.717, 1.165) is 5.82 Å². The lowest BCUT2D eigenvalue weighted by molar-refractivity contribution is 0.282. The van der Waals surface area contributed by atoms with E-state index in [4.69, 9.17) is 10.4 Å². The van der Waals surface area contributed by atoms with Gasteiger partial charge in [-0.3, -0.25) is 0 Å². The fraction of sp³-hybridized carbons (Fsp3) is 0.250. The molecule has 0 amide bonds. The molecule has 1 N–H and O–H groups in total. The fourth-order valence-electron chi connectivity index (χ4n) is 1.70. The lowest BCUT2D eigenvalue weighted by Crippen LogP contribution is -2.03. The maximum Gasteiger partial charge on any atom is 0.148 e. The van der Waals surface area contributed by atoms with Crippen LogP contribution in [0.1, 0.15) is 22.8 Å². The number of aliphatic hydroxyl groups excluding tert-OH is 1. The van der Waals surface area contributed by atoms with E-state index in [9.17, 15) is 0 Å². The van der Waals surface area contributed by atoms with E-state index >= 15 is 0 Å². The Kier molecular flexibility index (Phi) is 2.90. The van der Waals surface area contributed by atoms with E-state index < -0.39 is 0 Å². The van der Waals surface area contributed by atoms with Crippen LogP contribution >= 0.6 is 0 Å². The topological polar surface area (TPSA) is 74.7 Å². The third kappa shape index (κ3) is 2.03. The molecular formula is C12H12N4O. The van der Waals surface area contributed by atoms with Crippen molar-refractivity contribution < 1.29 is 5.11 Å². The van der Waals surface area contributed by atoms with Gasteiger partial charge in [-0.05, 0) is 31.5 Å². The largest absolute Gasteiger partial charge is 0.392 e. The number of rotatable bonds is 2. The highest BCUT2D eigenvalue weighted by Gasteiger charge is 2.10. The molecule has 0 aliphatic rings. The van der Waals surface area contributed by atoms with Crippen molar-refractivity contribution in [2.24, 2.45) is 0 Å². The van der Waals surface area contributed by atoms with E-state index in [2.05, 4.69) is 16.2 Å². The zero-order chi connectivity index (χ0) is 12.4. The molecule has 0 spiro atoms. The van der Waals surface area contributed by atoms with Crippen molar-refractivity contribution in [3.8, 4) is 11.8 Å². The number of nitrogens with zero attached hydrogens (tertiary/aromatic N) is 4. The van der Waals surface area contributed by atoms with Crippen molar-refractivity contribution in [3.05, 3.63) is 41.0 Å². The van der Waals surface area contributed by atoms with Crippen LogP contribution in [-0.2, 0) is 6.61 Å². The predicted octanol–water partition coefficient (Wildman–Crippen LogP) is 1.25. The summed E-state index contributed by atoms with van der Waals surface area (Å²) in [5.41, 5.74) is 1.87. The van der Waals surface area contributed by atoms with Crippen LogP contribution < -0.4 is 0 Å². The van der Waals surface area contributed by atoms with Gasteiger partial charge in [0.2, 0.25) is 0 Å². The summed E-state index contributed by atoms with van der Waals surface area (Å²) in [5.74, 6) is 1.40. The number of hydrogen-bond acceptors (Lipinski definition) is 4. The average Bonchev–Trinajstić information content (AvgIpc) is 2.67. The van der Waals surface area contributed by atoms with Gasteiger partial charge in [0.1, 0.15) is 17.7 Å². The zero-order valence-electron chi connectivity index (χ0n) is 9.68. The second-order valence-electron chi connectivity index (χ2n) is 3.74. The van der Waals surface area contributed by atoms with Gasteiger partial charge in [-0.2, -0.15) is 10.4 Å². The van der Waals surface area contributed by atoms with Crippen LogP contribution in [0.25, 0.3) is 5.69 Å². The Balaban J connectivity index is 2.60. The number of aryl methyl sites for hydroxylation is 2. The maximum absolute atomic E-state index is 9.10. The fourth-order valence-corrected chi connectivity index (χ4v) is 1.70. The van der Waals surface area contributed by atoms with Crippen molar-refractivity contribution in [1.82, 2.24) is 14.8 Å². The molecule has 5 heteroatoms. The molecule has 0 unspecified atom stereocenters. The highest BCUT2D eigenvalue weighted by atomic mass is 16.3. The molecule has 2 rings (SSSR count). The molecule has 0 saturated heterocycles. The van der Waals surface area contributed by atoms with Crippen LogP contribution in [0.15, 0.2) is 18.2 Å². The van der Waals surface area contributed by atoms with Gasteiger partial charge in [0, 0.05) is 0 Å². The average molecular weight is 228 g/mol. The molecule has 5 nitrogen and oxygen atoms in total. The molecular weight excluding hydrogens is 216 g/mol. The minimum atomic E-state index is -0.0790. The number of aliphatic hydroxyl groups is 1. The van der Waals surface area contributed by atoms with E-state index in [1.165, 1.54) is 0 Å². The quantitative estimate of drug-likeness (QED) is 0.839. The Labute approximate surface area is 99.0 Å². The van der Waals surface area contributed by atoms with Gasteiger partial charge < -0.3 is 5.11 Å². The normalized spacial score (nSPS) is 10.2. The van der Waals surface area contributed by atoms with Gasteiger partial charge in [-0.25, -0.2) is 9.67 Å². The molecule has 0 radical (unpaired) electrons. The van der Waals surface area contributed by atoms with Gasteiger partial charge in [0.25, 0.3) is 0 Å². The summed E-state index contributed by atoms with van der Waals surface area (Å²) in [6, 6.07) is 7.30. The van der Waals surface area contributed by atoms with E-state index in [0.29, 0.717) is 22.6 Å². The van der Waals surface area contributed by atoms with E-state index in [1.54, 1.807) is 29.8 Å². The van der Waals surface area contributed by atoms with Gasteiger partial charge >= 0.3 is 0 Å². The number of benzene rings is 1. The zero-order valence-corrected chi connectivity index (χ0v) is 9.68. The molecule has 0 saturated carbocycles. The molecule has 1 aromatic carbocycles.